The Morgan fingerprint density at radius 2 is 1.88 bits per heavy atom. The molecule has 0 saturated carbocycles. The zero-order valence-corrected chi connectivity index (χ0v) is 16.8. The molecule has 0 saturated heterocycles. The monoisotopic (exact) mass is 440 g/mol. The number of nitrogens with zero attached hydrogens (tertiary/aromatic N) is 2. The number of halogens is 3. The van der Waals surface area contributed by atoms with Crippen molar-refractivity contribution in [2.45, 2.75) is 20.2 Å². The van der Waals surface area contributed by atoms with Crippen LogP contribution in [0.15, 0.2) is 51.9 Å². The van der Waals surface area contributed by atoms with Crippen molar-refractivity contribution in [1.82, 2.24) is 20.1 Å². The number of alkyl halides is 3. The van der Waals surface area contributed by atoms with Gasteiger partial charge in [0.2, 0.25) is 0 Å². The molecule has 5 aromatic rings. The lowest BCUT2D eigenvalue weighted by molar-refractivity contribution is -0.274. The lowest BCUT2D eigenvalue weighted by atomic mass is 9.94. The Kier molecular flexibility index (Phi) is 4.33. The first-order valence-electron chi connectivity index (χ1n) is 9.54. The molecule has 2 N–H and O–H groups in total. The number of benzene rings is 2. The molecule has 3 heterocycles. The number of aryl methyl sites for hydroxylation is 2. The summed E-state index contributed by atoms with van der Waals surface area (Å²) in [6, 6.07) is 9.35. The van der Waals surface area contributed by atoms with Crippen molar-refractivity contribution >= 4 is 21.9 Å². The van der Waals surface area contributed by atoms with Gasteiger partial charge in [0.15, 0.2) is 0 Å². The van der Waals surface area contributed by atoms with E-state index in [2.05, 4.69) is 24.8 Å². The summed E-state index contributed by atoms with van der Waals surface area (Å²) >= 11 is 0. The molecule has 0 radical (unpaired) electrons. The predicted molar refractivity (Wildman–Crippen MR) is 111 cm³/mol. The maximum atomic E-state index is 13.2. The maximum absolute atomic E-state index is 13.2. The van der Waals surface area contributed by atoms with E-state index in [9.17, 15) is 18.0 Å². The van der Waals surface area contributed by atoms with Crippen molar-refractivity contribution in [2.24, 2.45) is 0 Å². The molecule has 32 heavy (non-hydrogen) atoms. The van der Waals surface area contributed by atoms with Gasteiger partial charge in [0.25, 0.3) is 0 Å². The third-order valence-corrected chi connectivity index (χ3v) is 5.19. The third kappa shape index (κ3) is 3.29. The van der Waals surface area contributed by atoms with Crippen LogP contribution in [-0.4, -0.2) is 26.5 Å². The molecule has 0 aliphatic carbocycles. The number of H-pyrrole nitrogens is 2. The Morgan fingerprint density at radius 1 is 1.06 bits per heavy atom. The van der Waals surface area contributed by atoms with E-state index >= 15 is 0 Å². The average molecular weight is 440 g/mol. The summed E-state index contributed by atoms with van der Waals surface area (Å²) in [5, 5.41) is 4.40. The lowest BCUT2D eigenvalue weighted by Gasteiger charge is -2.17. The van der Waals surface area contributed by atoms with E-state index in [1.165, 1.54) is 12.1 Å². The van der Waals surface area contributed by atoms with Gasteiger partial charge in [0, 0.05) is 28.3 Å². The molecule has 5 rings (SSSR count). The molecule has 3 aromatic heterocycles. The molecule has 0 aliphatic rings. The SMILES string of the molecule is Cc1noc(C)c1-c1cc(-c2c(OC(F)(F)F)ccc3ncccc23)c2[nH]c(=O)[nH]c2c1. The number of imidazole rings is 1. The van der Waals surface area contributed by atoms with Gasteiger partial charge in [0.05, 0.1) is 22.2 Å². The van der Waals surface area contributed by atoms with Gasteiger partial charge in [-0.3, -0.25) is 4.98 Å². The van der Waals surface area contributed by atoms with Gasteiger partial charge in [-0.25, -0.2) is 4.79 Å². The maximum Gasteiger partial charge on any atom is 0.573 e. The average Bonchev–Trinajstić information content (AvgIpc) is 3.26. The number of hydrogen-bond donors (Lipinski definition) is 2. The van der Waals surface area contributed by atoms with E-state index in [1.807, 2.05) is 0 Å². The van der Waals surface area contributed by atoms with E-state index in [4.69, 9.17) is 4.52 Å². The Balaban J connectivity index is 1.91. The van der Waals surface area contributed by atoms with Crippen LogP contribution < -0.4 is 10.4 Å². The molecular weight excluding hydrogens is 425 g/mol. The standard InChI is InChI=1S/C22H15F3N4O3/c1-10-18(11(2)32-29-10)12-8-14(20-16(9-12)27-21(30)28-20)19-13-4-3-7-26-15(13)5-6-17(19)31-22(23,24)25/h3-9H,1-2H3,(H2,27,28,30). The van der Waals surface area contributed by atoms with Gasteiger partial charge in [-0.1, -0.05) is 11.2 Å². The first-order valence-corrected chi connectivity index (χ1v) is 9.54. The van der Waals surface area contributed by atoms with Gasteiger partial charge in [0.1, 0.15) is 11.5 Å². The summed E-state index contributed by atoms with van der Waals surface area (Å²) < 4.78 is 49.4. The Bertz CT molecular complexity index is 1530. The van der Waals surface area contributed by atoms with Gasteiger partial charge < -0.3 is 19.2 Å². The fraction of sp³-hybridized carbons (Fsp3) is 0.136. The van der Waals surface area contributed by atoms with Crippen LogP contribution in [0, 0.1) is 13.8 Å². The van der Waals surface area contributed by atoms with Gasteiger partial charge in [-0.15, -0.1) is 13.2 Å². The number of nitrogens with one attached hydrogen (secondary N) is 2. The number of fused-ring (bicyclic) bond motifs is 2. The molecule has 0 bridgehead atoms. The first-order chi connectivity index (χ1) is 15.2. The van der Waals surface area contributed by atoms with Crippen LogP contribution in [0.3, 0.4) is 0 Å². The zero-order valence-electron chi connectivity index (χ0n) is 16.8. The minimum atomic E-state index is -4.91. The second-order valence-electron chi connectivity index (χ2n) is 7.28. The van der Waals surface area contributed by atoms with Crippen molar-refractivity contribution in [2.75, 3.05) is 0 Å². The number of ether oxygens (including phenoxy) is 1. The van der Waals surface area contributed by atoms with Gasteiger partial charge >= 0.3 is 12.1 Å². The molecule has 0 spiro atoms. The summed E-state index contributed by atoms with van der Waals surface area (Å²) in [5.41, 5.74) is 3.16. The molecule has 10 heteroatoms. The molecule has 0 aliphatic heterocycles. The minimum absolute atomic E-state index is 0.154. The zero-order chi connectivity index (χ0) is 22.6. The quantitative estimate of drug-likeness (QED) is 0.400. The van der Waals surface area contributed by atoms with Crippen molar-refractivity contribution in [1.29, 1.82) is 0 Å². The number of hydrogen-bond acceptors (Lipinski definition) is 5. The molecule has 7 nitrogen and oxygen atoms in total. The predicted octanol–water partition coefficient (Wildman–Crippen LogP) is 5.24. The van der Waals surface area contributed by atoms with Crippen LogP contribution in [0.2, 0.25) is 0 Å². The van der Waals surface area contributed by atoms with Crippen molar-refractivity contribution in [3.05, 3.63) is 64.5 Å². The Hall–Kier alpha value is -4.08. The van der Waals surface area contributed by atoms with Gasteiger partial charge in [-0.05, 0) is 49.7 Å². The Labute approximate surface area is 177 Å². The summed E-state index contributed by atoms with van der Waals surface area (Å²) in [6.45, 7) is 3.49. The highest BCUT2D eigenvalue weighted by molar-refractivity contribution is 6.06. The highest BCUT2D eigenvalue weighted by Crippen LogP contribution is 2.43. The van der Waals surface area contributed by atoms with E-state index in [0.29, 0.717) is 50.1 Å². The number of aromatic amines is 2. The van der Waals surface area contributed by atoms with E-state index < -0.39 is 17.8 Å². The lowest BCUT2D eigenvalue weighted by Crippen LogP contribution is -2.17. The topological polar surface area (TPSA) is 96.8 Å². The van der Waals surface area contributed by atoms with Crippen LogP contribution in [0.5, 0.6) is 5.75 Å². The third-order valence-electron chi connectivity index (χ3n) is 5.19. The second kappa shape index (κ2) is 6.98. The van der Waals surface area contributed by atoms with Crippen molar-refractivity contribution in [3.63, 3.8) is 0 Å². The first kappa shape index (κ1) is 19.9. The number of rotatable bonds is 3. The Morgan fingerprint density at radius 3 is 2.59 bits per heavy atom. The number of aromatic nitrogens is 4. The van der Waals surface area contributed by atoms with Gasteiger partial charge in [-0.2, -0.15) is 0 Å². The molecule has 2 aromatic carbocycles. The van der Waals surface area contributed by atoms with E-state index in [0.717, 1.165) is 0 Å². The largest absolute Gasteiger partial charge is 0.573 e. The molecule has 0 unspecified atom stereocenters. The summed E-state index contributed by atoms with van der Waals surface area (Å²) in [6.07, 6.45) is -3.36. The van der Waals surface area contributed by atoms with Crippen LogP contribution in [0.25, 0.3) is 44.2 Å². The molecule has 162 valence electrons. The van der Waals surface area contributed by atoms with E-state index in [1.54, 1.807) is 44.3 Å². The fourth-order valence-corrected chi connectivity index (χ4v) is 4.00. The van der Waals surface area contributed by atoms with Crippen molar-refractivity contribution in [3.8, 4) is 28.0 Å². The van der Waals surface area contributed by atoms with Crippen LogP contribution in [0.4, 0.5) is 13.2 Å². The summed E-state index contributed by atoms with van der Waals surface area (Å²) in [4.78, 5) is 21.7. The van der Waals surface area contributed by atoms with Crippen LogP contribution in [-0.2, 0) is 0 Å². The van der Waals surface area contributed by atoms with Crippen LogP contribution in [0.1, 0.15) is 11.5 Å². The highest BCUT2D eigenvalue weighted by atomic mass is 19.4. The van der Waals surface area contributed by atoms with E-state index in [-0.39, 0.29) is 5.56 Å². The fourth-order valence-electron chi connectivity index (χ4n) is 4.00. The summed E-state index contributed by atoms with van der Waals surface area (Å²) in [5.74, 6) is 0.134. The normalized spacial score (nSPS) is 12.0. The molecule has 0 amide bonds. The molecule has 0 fully saturated rings. The number of pyridine rings is 1. The minimum Gasteiger partial charge on any atom is -0.405 e. The highest BCUT2D eigenvalue weighted by Gasteiger charge is 2.33. The van der Waals surface area contributed by atoms with Crippen molar-refractivity contribution < 1.29 is 22.4 Å². The van der Waals surface area contributed by atoms with Crippen LogP contribution >= 0.6 is 0 Å². The molecule has 0 atom stereocenters. The summed E-state index contributed by atoms with van der Waals surface area (Å²) in [7, 11) is 0. The smallest absolute Gasteiger partial charge is 0.405 e. The molecular formula is C22H15F3N4O3. The second-order valence-corrected chi connectivity index (χ2v) is 7.28.